The average Bonchev–Trinajstić information content (AvgIpc) is 1.97. The Bertz CT molecular complexity index is 332. The van der Waals surface area contributed by atoms with E-state index in [-0.39, 0.29) is 17.2 Å². The summed E-state index contributed by atoms with van der Waals surface area (Å²) < 4.78 is 0. The Hall–Kier alpha value is -1.51. The van der Waals surface area contributed by atoms with Crippen LogP contribution in [0.2, 0.25) is 0 Å². The maximum Gasteiger partial charge on any atom is 0.162 e. The van der Waals surface area contributed by atoms with Gasteiger partial charge in [0.05, 0.1) is 5.69 Å². The van der Waals surface area contributed by atoms with Gasteiger partial charge in [-0.1, -0.05) is 6.07 Å². The van der Waals surface area contributed by atoms with Crippen LogP contribution in [0.1, 0.15) is 22.8 Å². The van der Waals surface area contributed by atoms with E-state index in [9.17, 15) is 9.90 Å². The number of nitrogen functional groups attached to an aromatic ring is 1. The van der Waals surface area contributed by atoms with Gasteiger partial charge in [0.2, 0.25) is 0 Å². The van der Waals surface area contributed by atoms with E-state index in [1.54, 1.807) is 13.0 Å². The average molecular weight is 165 g/mol. The standard InChI is InChI=1S/C9H11NO2/c1-5-3-4-7(12)9(10)8(5)6(2)11/h3-4,12H,10H2,1-2H3. The highest BCUT2D eigenvalue weighted by Gasteiger charge is 2.10. The van der Waals surface area contributed by atoms with Crippen LogP contribution in [0.5, 0.6) is 5.75 Å². The molecule has 0 aromatic heterocycles. The zero-order valence-electron chi connectivity index (χ0n) is 7.09. The molecule has 0 saturated heterocycles. The number of anilines is 1. The van der Waals surface area contributed by atoms with Crippen LogP contribution in [-0.4, -0.2) is 10.9 Å². The summed E-state index contributed by atoms with van der Waals surface area (Å²) in [7, 11) is 0. The lowest BCUT2D eigenvalue weighted by molar-refractivity contribution is 0.101. The van der Waals surface area contributed by atoms with Gasteiger partial charge >= 0.3 is 0 Å². The molecule has 0 aliphatic heterocycles. The van der Waals surface area contributed by atoms with Gasteiger partial charge in [-0.3, -0.25) is 4.79 Å². The molecule has 3 N–H and O–H groups in total. The lowest BCUT2D eigenvalue weighted by atomic mass is 10.0. The number of hydrogen-bond donors (Lipinski definition) is 2. The maximum absolute atomic E-state index is 11.0. The van der Waals surface area contributed by atoms with Crippen molar-refractivity contribution in [2.75, 3.05) is 5.73 Å². The minimum Gasteiger partial charge on any atom is -0.506 e. The second-order valence-electron chi connectivity index (χ2n) is 2.75. The Morgan fingerprint density at radius 2 is 2.08 bits per heavy atom. The number of phenolic OH excluding ortho intramolecular Hbond substituents is 1. The van der Waals surface area contributed by atoms with Crippen LogP contribution in [-0.2, 0) is 0 Å². The van der Waals surface area contributed by atoms with Crippen molar-refractivity contribution < 1.29 is 9.90 Å². The highest BCUT2D eigenvalue weighted by atomic mass is 16.3. The fraction of sp³-hybridized carbons (Fsp3) is 0.222. The predicted molar refractivity (Wildman–Crippen MR) is 47.3 cm³/mol. The van der Waals surface area contributed by atoms with E-state index in [4.69, 9.17) is 5.73 Å². The molecule has 0 aliphatic carbocycles. The molecule has 0 unspecified atom stereocenters. The van der Waals surface area contributed by atoms with Gasteiger partial charge in [-0.05, 0) is 25.5 Å². The Labute approximate surface area is 70.8 Å². The molecule has 1 aromatic rings. The molecule has 1 rings (SSSR count). The van der Waals surface area contributed by atoms with E-state index < -0.39 is 0 Å². The first-order valence-electron chi connectivity index (χ1n) is 3.63. The number of ketones is 1. The van der Waals surface area contributed by atoms with Crippen molar-refractivity contribution >= 4 is 11.5 Å². The minimum absolute atomic E-state index is 0.0363. The molecule has 0 spiro atoms. The Morgan fingerprint density at radius 1 is 1.50 bits per heavy atom. The number of nitrogens with two attached hydrogens (primary N) is 1. The fourth-order valence-corrected chi connectivity index (χ4v) is 1.18. The number of phenols is 1. The van der Waals surface area contributed by atoms with Crippen molar-refractivity contribution in [3.05, 3.63) is 23.3 Å². The molecule has 64 valence electrons. The summed E-state index contributed by atoms with van der Waals surface area (Å²) in [5, 5.41) is 9.20. The Morgan fingerprint density at radius 3 is 2.50 bits per heavy atom. The molecule has 0 amide bonds. The van der Waals surface area contributed by atoms with Crippen LogP contribution in [0.25, 0.3) is 0 Å². The molecule has 0 bridgehead atoms. The second-order valence-corrected chi connectivity index (χ2v) is 2.75. The van der Waals surface area contributed by atoms with Crippen molar-refractivity contribution in [2.45, 2.75) is 13.8 Å². The van der Waals surface area contributed by atoms with Crippen molar-refractivity contribution in [3.63, 3.8) is 0 Å². The Balaban J connectivity index is 3.43. The third-order valence-corrected chi connectivity index (χ3v) is 1.78. The lowest BCUT2D eigenvalue weighted by Gasteiger charge is -2.06. The molecular formula is C9H11NO2. The van der Waals surface area contributed by atoms with E-state index in [2.05, 4.69) is 0 Å². The number of aromatic hydroxyl groups is 1. The van der Waals surface area contributed by atoms with E-state index in [1.807, 2.05) is 0 Å². The van der Waals surface area contributed by atoms with Crippen LogP contribution in [0, 0.1) is 6.92 Å². The van der Waals surface area contributed by atoms with Gasteiger partial charge in [-0.15, -0.1) is 0 Å². The van der Waals surface area contributed by atoms with Gasteiger partial charge in [0, 0.05) is 5.56 Å². The van der Waals surface area contributed by atoms with Crippen molar-refractivity contribution in [1.29, 1.82) is 0 Å². The van der Waals surface area contributed by atoms with Crippen molar-refractivity contribution in [1.82, 2.24) is 0 Å². The number of carbonyl (C=O) groups excluding carboxylic acids is 1. The van der Waals surface area contributed by atoms with E-state index in [0.29, 0.717) is 5.56 Å². The predicted octanol–water partition coefficient (Wildman–Crippen LogP) is 1.49. The van der Waals surface area contributed by atoms with Gasteiger partial charge in [-0.2, -0.15) is 0 Å². The van der Waals surface area contributed by atoms with E-state index in [0.717, 1.165) is 5.56 Å². The second kappa shape index (κ2) is 2.85. The molecule has 0 fully saturated rings. The zero-order chi connectivity index (χ0) is 9.30. The quantitative estimate of drug-likeness (QED) is 0.376. The first-order chi connectivity index (χ1) is 5.54. The molecule has 0 heterocycles. The normalized spacial score (nSPS) is 9.83. The number of Topliss-reactive ketones (excluding diaryl/α,β-unsaturated/α-hetero) is 1. The highest BCUT2D eigenvalue weighted by Crippen LogP contribution is 2.26. The van der Waals surface area contributed by atoms with Crippen LogP contribution in [0.15, 0.2) is 12.1 Å². The zero-order valence-corrected chi connectivity index (χ0v) is 7.09. The molecule has 0 radical (unpaired) electrons. The summed E-state index contributed by atoms with van der Waals surface area (Å²) in [6, 6.07) is 3.15. The first-order valence-corrected chi connectivity index (χ1v) is 3.63. The fourth-order valence-electron chi connectivity index (χ4n) is 1.18. The first kappa shape index (κ1) is 8.59. The summed E-state index contributed by atoms with van der Waals surface area (Å²) in [5.41, 5.74) is 6.88. The molecule has 0 atom stereocenters. The molecule has 12 heavy (non-hydrogen) atoms. The summed E-state index contributed by atoms with van der Waals surface area (Å²) in [6.45, 7) is 3.21. The number of carbonyl (C=O) groups is 1. The molecule has 0 aliphatic rings. The third-order valence-electron chi connectivity index (χ3n) is 1.78. The maximum atomic E-state index is 11.0. The number of hydrogen-bond acceptors (Lipinski definition) is 3. The highest BCUT2D eigenvalue weighted by molar-refractivity contribution is 6.01. The van der Waals surface area contributed by atoms with E-state index in [1.165, 1.54) is 13.0 Å². The van der Waals surface area contributed by atoms with Crippen LogP contribution < -0.4 is 5.73 Å². The largest absolute Gasteiger partial charge is 0.506 e. The molecule has 3 nitrogen and oxygen atoms in total. The van der Waals surface area contributed by atoms with Gasteiger partial charge < -0.3 is 10.8 Å². The molecule has 3 heteroatoms. The lowest BCUT2D eigenvalue weighted by Crippen LogP contribution is -2.02. The van der Waals surface area contributed by atoms with E-state index >= 15 is 0 Å². The third kappa shape index (κ3) is 1.25. The van der Waals surface area contributed by atoms with Gasteiger partial charge in [0.1, 0.15) is 5.75 Å². The Kier molecular flexibility index (Phi) is 2.04. The van der Waals surface area contributed by atoms with Gasteiger partial charge in [0.15, 0.2) is 5.78 Å². The van der Waals surface area contributed by atoms with Gasteiger partial charge in [0.25, 0.3) is 0 Å². The van der Waals surface area contributed by atoms with Crippen LogP contribution in [0.3, 0.4) is 0 Å². The molecule has 1 aromatic carbocycles. The monoisotopic (exact) mass is 165 g/mol. The van der Waals surface area contributed by atoms with Gasteiger partial charge in [-0.25, -0.2) is 0 Å². The molecule has 0 saturated carbocycles. The minimum atomic E-state index is -0.124. The SMILES string of the molecule is CC(=O)c1c(C)ccc(O)c1N. The number of benzene rings is 1. The number of rotatable bonds is 1. The van der Waals surface area contributed by atoms with Crippen molar-refractivity contribution in [2.24, 2.45) is 0 Å². The summed E-state index contributed by atoms with van der Waals surface area (Å²) in [6.07, 6.45) is 0. The summed E-state index contributed by atoms with van der Waals surface area (Å²) in [4.78, 5) is 11.0. The number of aryl methyl sites for hydroxylation is 1. The summed E-state index contributed by atoms with van der Waals surface area (Å²) >= 11 is 0. The smallest absolute Gasteiger partial charge is 0.162 e. The topological polar surface area (TPSA) is 63.3 Å². The van der Waals surface area contributed by atoms with Crippen molar-refractivity contribution in [3.8, 4) is 5.75 Å². The van der Waals surface area contributed by atoms with Crippen LogP contribution >= 0.6 is 0 Å². The summed E-state index contributed by atoms with van der Waals surface area (Å²) in [5.74, 6) is -0.160. The molecular weight excluding hydrogens is 154 g/mol. The van der Waals surface area contributed by atoms with Crippen LogP contribution in [0.4, 0.5) is 5.69 Å².